The number of carbonyl (C=O) groups excluding carboxylic acids is 3. The van der Waals surface area contributed by atoms with E-state index < -0.39 is 11.9 Å². The largest absolute Gasteiger partial charge is 0.481 e. The lowest BCUT2D eigenvalue weighted by molar-refractivity contribution is -0.140. The fourth-order valence-electron chi connectivity index (χ4n) is 7.38. The van der Waals surface area contributed by atoms with Crippen LogP contribution in [-0.4, -0.2) is 28.4 Å². The Morgan fingerprint density at radius 2 is 1.88 bits per heavy atom. The number of carbonyl (C=O) groups is 4. The van der Waals surface area contributed by atoms with Gasteiger partial charge in [0.25, 0.3) is 0 Å². The topological polar surface area (TPSA) is 88.5 Å². The fraction of sp³-hybridized carbons (Fsp3) is 0.704. The number of allylic oxidation sites excluding steroid dienone is 2. The van der Waals surface area contributed by atoms with Crippen LogP contribution in [0.3, 0.4) is 0 Å². The summed E-state index contributed by atoms with van der Waals surface area (Å²) >= 11 is 0. The summed E-state index contributed by atoms with van der Waals surface area (Å²) in [7, 11) is 0. The smallest absolute Gasteiger partial charge is 0.310 e. The molecule has 4 aliphatic carbocycles. The number of Topliss-reactive ketones (excluding diaryl/α,β-unsaturated/α-hetero) is 3. The minimum Gasteiger partial charge on any atom is -0.481 e. The van der Waals surface area contributed by atoms with Crippen LogP contribution in [0.4, 0.5) is 0 Å². The number of hydrogen-bond acceptors (Lipinski definition) is 4. The van der Waals surface area contributed by atoms with Gasteiger partial charge < -0.3 is 5.11 Å². The Morgan fingerprint density at radius 1 is 1.16 bits per heavy atom. The van der Waals surface area contributed by atoms with Crippen LogP contribution in [0.25, 0.3) is 0 Å². The molecule has 0 aromatic heterocycles. The van der Waals surface area contributed by atoms with Gasteiger partial charge in [0.2, 0.25) is 0 Å². The van der Waals surface area contributed by atoms with Crippen LogP contribution in [0.5, 0.6) is 0 Å². The predicted octanol–water partition coefficient (Wildman–Crippen LogP) is 5.08. The third-order valence-corrected chi connectivity index (χ3v) is 9.61. The Hall–Kier alpha value is -2.04. The molecule has 0 aliphatic heterocycles. The van der Waals surface area contributed by atoms with Gasteiger partial charge in [0, 0.05) is 42.2 Å². The van der Waals surface area contributed by atoms with Crippen molar-refractivity contribution in [1.29, 1.82) is 0 Å². The molecule has 1 N–H and O–H groups in total. The number of hydrogen-bond donors (Lipinski definition) is 1. The summed E-state index contributed by atoms with van der Waals surface area (Å²) < 4.78 is 0. The zero-order valence-electron chi connectivity index (χ0n) is 19.7. The van der Waals surface area contributed by atoms with Gasteiger partial charge in [0.15, 0.2) is 11.6 Å². The van der Waals surface area contributed by atoms with E-state index >= 15 is 0 Å². The lowest BCUT2D eigenvalue weighted by Gasteiger charge is -2.52. The Labute approximate surface area is 190 Å². The number of carboxylic acid groups (broad SMARTS) is 1. The Balaban J connectivity index is 1.55. The van der Waals surface area contributed by atoms with E-state index in [-0.39, 0.29) is 40.0 Å². The molecule has 2 fully saturated rings. The summed E-state index contributed by atoms with van der Waals surface area (Å²) in [6, 6.07) is 0. The highest BCUT2D eigenvalue weighted by atomic mass is 16.4. The Morgan fingerprint density at radius 3 is 2.56 bits per heavy atom. The quantitative estimate of drug-likeness (QED) is 0.582. The number of rotatable bonds is 6. The van der Waals surface area contributed by atoms with E-state index in [0.717, 1.165) is 42.4 Å². The van der Waals surface area contributed by atoms with E-state index in [1.165, 1.54) is 0 Å². The molecule has 2 saturated carbocycles. The molecule has 174 valence electrons. The molecule has 0 saturated heterocycles. The first-order chi connectivity index (χ1) is 15.0. The van der Waals surface area contributed by atoms with Crippen molar-refractivity contribution in [2.45, 2.75) is 85.0 Å². The average Bonchev–Trinajstić information content (AvgIpc) is 3.04. The van der Waals surface area contributed by atoms with Crippen molar-refractivity contribution in [2.75, 3.05) is 0 Å². The summed E-state index contributed by atoms with van der Waals surface area (Å²) in [4.78, 5) is 50.2. The number of ketones is 3. The molecule has 6 unspecified atom stereocenters. The SMILES string of the molecule is C=C(CCCC1CCC2C3=C(C(=O)CC12C)C1(C)CCC(=O)CC1CC3=O)C(C)C(=O)O. The minimum absolute atomic E-state index is 0.0252. The van der Waals surface area contributed by atoms with Crippen LogP contribution in [0.2, 0.25) is 0 Å². The molecular formula is C27H36O5. The van der Waals surface area contributed by atoms with Gasteiger partial charge in [-0.05, 0) is 68.6 Å². The number of carboxylic acids is 1. The molecule has 0 bridgehead atoms. The van der Waals surface area contributed by atoms with Crippen molar-refractivity contribution < 1.29 is 24.3 Å². The highest BCUT2D eigenvalue weighted by Crippen LogP contribution is 2.63. The minimum atomic E-state index is -0.841. The van der Waals surface area contributed by atoms with E-state index in [9.17, 15) is 24.3 Å². The second-order valence-corrected chi connectivity index (χ2v) is 11.3. The third-order valence-electron chi connectivity index (χ3n) is 9.61. The first-order valence-electron chi connectivity index (χ1n) is 12.2. The molecule has 0 heterocycles. The second-order valence-electron chi connectivity index (χ2n) is 11.3. The van der Waals surface area contributed by atoms with Crippen LogP contribution in [-0.2, 0) is 19.2 Å². The summed E-state index contributed by atoms with van der Waals surface area (Å²) in [6.45, 7) is 9.94. The van der Waals surface area contributed by atoms with Crippen LogP contribution in [0.15, 0.2) is 23.3 Å². The fourth-order valence-corrected chi connectivity index (χ4v) is 7.38. The van der Waals surface area contributed by atoms with E-state index in [1.807, 2.05) is 0 Å². The molecule has 5 nitrogen and oxygen atoms in total. The van der Waals surface area contributed by atoms with Crippen molar-refractivity contribution in [3.05, 3.63) is 23.3 Å². The first kappa shape index (κ1) is 23.1. The molecule has 4 rings (SSSR count). The Kier molecular flexibility index (Phi) is 5.83. The molecule has 0 spiro atoms. The van der Waals surface area contributed by atoms with Crippen LogP contribution < -0.4 is 0 Å². The summed E-state index contributed by atoms with van der Waals surface area (Å²) in [5.74, 6) is -0.474. The zero-order chi connectivity index (χ0) is 23.4. The maximum atomic E-state index is 13.6. The van der Waals surface area contributed by atoms with Gasteiger partial charge in [-0.3, -0.25) is 19.2 Å². The average molecular weight is 441 g/mol. The third kappa shape index (κ3) is 3.52. The normalized spacial score (nSPS) is 37.6. The van der Waals surface area contributed by atoms with Crippen LogP contribution in [0.1, 0.15) is 85.0 Å². The van der Waals surface area contributed by atoms with Crippen LogP contribution in [0, 0.1) is 34.5 Å². The predicted molar refractivity (Wildman–Crippen MR) is 121 cm³/mol. The van der Waals surface area contributed by atoms with Gasteiger partial charge in [-0.25, -0.2) is 0 Å². The van der Waals surface area contributed by atoms with Crippen molar-refractivity contribution in [3.8, 4) is 0 Å². The molecule has 0 aromatic carbocycles. The summed E-state index contributed by atoms with van der Waals surface area (Å²) in [6.07, 6.45) is 6.91. The summed E-state index contributed by atoms with van der Waals surface area (Å²) in [5, 5.41) is 9.19. The molecule has 0 radical (unpaired) electrons. The van der Waals surface area contributed by atoms with Crippen molar-refractivity contribution in [1.82, 2.24) is 0 Å². The highest BCUT2D eigenvalue weighted by molar-refractivity contribution is 6.11. The van der Waals surface area contributed by atoms with E-state index in [2.05, 4.69) is 20.4 Å². The number of aliphatic carboxylic acids is 1. The zero-order valence-corrected chi connectivity index (χ0v) is 19.7. The molecule has 0 aromatic rings. The van der Waals surface area contributed by atoms with Crippen LogP contribution >= 0.6 is 0 Å². The molecular weight excluding hydrogens is 404 g/mol. The van der Waals surface area contributed by atoms with Crippen molar-refractivity contribution in [2.24, 2.45) is 34.5 Å². The molecule has 6 atom stereocenters. The van der Waals surface area contributed by atoms with Crippen molar-refractivity contribution >= 4 is 23.3 Å². The van der Waals surface area contributed by atoms with E-state index in [4.69, 9.17) is 0 Å². The van der Waals surface area contributed by atoms with Gasteiger partial charge in [0.05, 0.1) is 5.92 Å². The standard InChI is InChI=1S/C27H36O5/c1-15(16(2)25(31)32)6-5-7-17-8-9-20-23-21(29)13-18-12-19(28)10-11-26(18,3)24(23)22(30)14-27(17,20)4/h16-18,20H,1,5-14H2,2-4H3,(H,31,32). The highest BCUT2D eigenvalue weighted by Gasteiger charge is 2.59. The maximum Gasteiger partial charge on any atom is 0.310 e. The molecule has 0 amide bonds. The van der Waals surface area contributed by atoms with Gasteiger partial charge in [-0.15, -0.1) is 0 Å². The molecule has 5 heteroatoms. The first-order valence-corrected chi connectivity index (χ1v) is 12.2. The molecule has 4 aliphatic rings. The van der Waals surface area contributed by atoms with Gasteiger partial charge in [0.1, 0.15) is 5.78 Å². The van der Waals surface area contributed by atoms with E-state index in [0.29, 0.717) is 44.4 Å². The molecule has 32 heavy (non-hydrogen) atoms. The Bertz CT molecular complexity index is 926. The lowest BCUT2D eigenvalue weighted by Crippen LogP contribution is -2.50. The van der Waals surface area contributed by atoms with Gasteiger partial charge >= 0.3 is 5.97 Å². The number of fused-ring (bicyclic) bond motifs is 4. The monoisotopic (exact) mass is 440 g/mol. The summed E-state index contributed by atoms with van der Waals surface area (Å²) in [5.41, 5.74) is 1.79. The lowest BCUT2D eigenvalue weighted by atomic mass is 9.50. The van der Waals surface area contributed by atoms with Gasteiger partial charge in [-0.1, -0.05) is 26.0 Å². The second kappa shape index (κ2) is 8.07. The maximum absolute atomic E-state index is 13.6. The van der Waals surface area contributed by atoms with Gasteiger partial charge in [-0.2, -0.15) is 0 Å². The van der Waals surface area contributed by atoms with E-state index in [1.54, 1.807) is 6.92 Å². The van der Waals surface area contributed by atoms with Crippen molar-refractivity contribution in [3.63, 3.8) is 0 Å².